The molecule has 0 heterocycles. The third-order valence-corrected chi connectivity index (χ3v) is 7.47. The summed E-state index contributed by atoms with van der Waals surface area (Å²) in [6.07, 6.45) is 0.759. The standard InChI is InChI=1S/C9H7F3O5S.C8H8O3.C2F6O5S2.CH4/c1-16-7-3-2-6(5-13)8(4-7)17-18(14,15)9(10,11)12;1-11-7-3-2-6(5-9)8(10)4-7;3-1(4,5)14(9,10)13-15(11,12)2(6,7)8;/h2-5H,1H3;2-5,10H,1H3;;1H4. The zero-order valence-electron chi connectivity index (χ0n) is 21.1. The molecule has 45 heavy (non-hydrogen) atoms. The topological polar surface area (TPSA) is 194 Å². The Morgan fingerprint density at radius 1 is 0.622 bits per heavy atom. The predicted octanol–water partition coefficient (Wildman–Crippen LogP) is 4.29. The highest BCUT2D eigenvalue weighted by atomic mass is 32.3. The van der Waals surface area contributed by atoms with Crippen LogP contribution in [-0.2, 0) is 34.0 Å². The quantitative estimate of drug-likeness (QED) is 0.175. The minimum Gasteiger partial charge on any atom is -0.507 e. The number of aldehydes is 2. The zero-order valence-corrected chi connectivity index (χ0v) is 23.5. The summed E-state index contributed by atoms with van der Waals surface area (Å²) in [5.74, 6) is -0.220. The lowest BCUT2D eigenvalue weighted by Crippen LogP contribution is -2.34. The first-order chi connectivity index (χ1) is 19.7. The van der Waals surface area contributed by atoms with E-state index in [1.165, 1.54) is 32.4 Å². The number of ether oxygens (including phenoxy) is 2. The largest absolute Gasteiger partial charge is 0.534 e. The lowest BCUT2D eigenvalue weighted by Gasteiger charge is -2.11. The molecule has 0 unspecified atom stereocenters. The predicted molar refractivity (Wildman–Crippen MR) is 132 cm³/mol. The normalized spacial score (nSPS) is 12.2. The van der Waals surface area contributed by atoms with E-state index in [0.717, 1.165) is 12.1 Å². The summed E-state index contributed by atoms with van der Waals surface area (Å²) in [7, 11) is -16.8. The average Bonchev–Trinajstić information content (AvgIpc) is 2.86. The van der Waals surface area contributed by atoms with Gasteiger partial charge in [-0.3, -0.25) is 9.59 Å². The van der Waals surface area contributed by atoms with Crippen molar-refractivity contribution >= 4 is 42.9 Å². The zero-order chi connectivity index (χ0) is 34.9. The van der Waals surface area contributed by atoms with Crippen molar-refractivity contribution in [3.05, 3.63) is 47.5 Å². The fourth-order valence-electron chi connectivity index (χ4n) is 1.92. The van der Waals surface area contributed by atoms with E-state index in [0.29, 0.717) is 12.0 Å². The van der Waals surface area contributed by atoms with E-state index in [1.54, 1.807) is 6.07 Å². The summed E-state index contributed by atoms with van der Waals surface area (Å²) in [4.78, 5) is 20.8. The SMILES string of the molecule is C.COc1ccc(C=O)c(O)c1.COc1ccc(C=O)c(OS(=O)(=O)C(F)(F)F)c1.O=S(=O)(OS(=O)(=O)C(F)(F)F)C(F)(F)F. The van der Waals surface area contributed by atoms with Crippen LogP contribution in [0.5, 0.6) is 23.0 Å². The number of carbonyl (C=O) groups is 2. The van der Waals surface area contributed by atoms with Crippen molar-refractivity contribution in [3.63, 3.8) is 0 Å². The van der Waals surface area contributed by atoms with Crippen molar-refractivity contribution in [1.29, 1.82) is 0 Å². The second-order valence-electron chi connectivity index (χ2n) is 6.92. The minimum atomic E-state index is -6.85. The fourth-order valence-corrected chi connectivity index (χ4v) is 3.96. The molecule has 0 aliphatic rings. The molecule has 0 spiro atoms. The van der Waals surface area contributed by atoms with Crippen LogP contribution in [0.1, 0.15) is 28.1 Å². The number of alkyl halides is 9. The molecule has 258 valence electrons. The number of methoxy groups -OCH3 is 2. The Balaban J connectivity index is 0. The minimum absolute atomic E-state index is 0. The van der Waals surface area contributed by atoms with Gasteiger partial charge in [0.05, 0.1) is 25.3 Å². The molecule has 0 saturated heterocycles. The van der Waals surface area contributed by atoms with Crippen LogP contribution < -0.4 is 13.7 Å². The van der Waals surface area contributed by atoms with Gasteiger partial charge in [-0.15, -0.1) is 3.63 Å². The van der Waals surface area contributed by atoms with Gasteiger partial charge in [-0.25, -0.2) is 0 Å². The van der Waals surface area contributed by atoms with Crippen LogP contribution in [0.4, 0.5) is 39.5 Å². The van der Waals surface area contributed by atoms with Gasteiger partial charge in [-0.1, -0.05) is 7.43 Å². The lowest BCUT2D eigenvalue weighted by atomic mass is 10.2. The van der Waals surface area contributed by atoms with Gasteiger partial charge in [0, 0.05) is 12.1 Å². The van der Waals surface area contributed by atoms with Gasteiger partial charge < -0.3 is 18.8 Å². The Hall–Kier alpha value is -3.84. The van der Waals surface area contributed by atoms with Crippen LogP contribution >= 0.6 is 0 Å². The fraction of sp³-hybridized carbons (Fsp3) is 0.300. The van der Waals surface area contributed by atoms with Crippen molar-refractivity contribution in [2.45, 2.75) is 24.0 Å². The van der Waals surface area contributed by atoms with Gasteiger partial charge in [-0.05, 0) is 24.3 Å². The van der Waals surface area contributed by atoms with Crippen molar-refractivity contribution in [3.8, 4) is 23.0 Å². The number of benzene rings is 2. The first-order valence-electron chi connectivity index (χ1n) is 9.99. The molecule has 25 heteroatoms. The molecule has 0 radical (unpaired) electrons. The number of aromatic hydroxyl groups is 1. The Bertz CT molecular complexity index is 1590. The molecule has 2 aromatic rings. The van der Waals surface area contributed by atoms with Crippen molar-refractivity contribution in [1.82, 2.24) is 0 Å². The first-order valence-corrected chi connectivity index (χ1v) is 14.2. The van der Waals surface area contributed by atoms with Gasteiger partial charge in [-0.2, -0.15) is 64.8 Å². The van der Waals surface area contributed by atoms with Gasteiger partial charge in [0.2, 0.25) is 0 Å². The van der Waals surface area contributed by atoms with Crippen molar-refractivity contribution in [2.24, 2.45) is 0 Å². The van der Waals surface area contributed by atoms with Crippen molar-refractivity contribution < 1.29 is 96.7 Å². The molecule has 2 aromatic carbocycles. The maximum absolute atomic E-state index is 12.1. The van der Waals surface area contributed by atoms with Crippen LogP contribution in [-0.4, -0.2) is 73.7 Å². The molecule has 0 aromatic heterocycles. The average molecular weight is 735 g/mol. The number of hydrogen-bond acceptors (Lipinski definition) is 13. The number of rotatable bonds is 8. The third kappa shape index (κ3) is 12.6. The third-order valence-electron chi connectivity index (χ3n) is 3.94. The summed E-state index contributed by atoms with van der Waals surface area (Å²) in [5, 5.41) is 9.11. The maximum Gasteiger partial charge on any atom is 0.534 e. The molecular formula is C20H19F9O13S3. The maximum atomic E-state index is 12.1. The van der Waals surface area contributed by atoms with E-state index in [2.05, 4.69) is 8.92 Å². The second kappa shape index (κ2) is 15.9. The Kier molecular flexibility index (Phi) is 15.3. The number of phenols is 1. The van der Waals surface area contributed by atoms with Crippen LogP contribution in [0, 0.1) is 0 Å². The van der Waals surface area contributed by atoms with Gasteiger partial charge in [0.15, 0.2) is 18.3 Å². The van der Waals surface area contributed by atoms with Crippen LogP contribution in [0.25, 0.3) is 0 Å². The lowest BCUT2D eigenvalue weighted by molar-refractivity contribution is -0.0586. The summed E-state index contributed by atoms with van der Waals surface area (Å²) in [5.41, 5.74) is -18.2. The van der Waals surface area contributed by atoms with Gasteiger partial charge in [0.25, 0.3) is 0 Å². The molecule has 0 fully saturated rings. The Morgan fingerprint density at radius 2 is 0.978 bits per heavy atom. The Morgan fingerprint density at radius 3 is 1.29 bits per heavy atom. The molecular weight excluding hydrogens is 715 g/mol. The number of phenolic OH excluding ortho intramolecular Hbond substituents is 1. The van der Waals surface area contributed by atoms with E-state index in [-0.39, 0.29) is 36.3 Å². The highest BCUT2D eigenvalue weighted by Crippen LogP contribution is 2.32. The molecule has 0 aliphatic heterocycles. The highest BCUT2D eigenvalue weighted by Gasteiger charge is 2.57. The summed E-state index contributed by atoms with van der Waals surface area (Å²) in [6.45, 7) is 0. The molecule has 1 N–H and O–H groups in total. The van der Waals surface area contributed by atoms with Crippen LogP contribution in [0.2, 0.25) is 0 Å². The molecule has 13 nitrogen and oxygen atoms in total. The van der Waals surface area contributed by atoms with Crippen LogP contribution in [0.15, 0.2) is 36.4 Å². The van der Waals surface area contributed by atoms with E-state index < -0.39 is 52.6 Å². The van der Waals surface area contributed by atoms with E-state index in [4.69, 9.17) is 9.84 Å². The molecule has 2 rings (SSSR count). The molecule has 0 bridgehead atoms. The highest BCUT2D eigenvalue weighted by molar-refractivity contribution is 8.00. The smallest absolute Gasteiger partial charge is 0.507 e. The summed E-state index contributed by atoms with van der Waals surface area (Å²) >= 11 is 0. The van der Waals surface area contributed by atoms with Gasteiger partial charge >= 0.3 is 46.9 Å². The molecule has 0 aliphatic carbocycles. The van der Waals surface area contributed by atoms with E-state index in [9.17, 15) is 74.4 Å². The number of carbonyl (C=O) groups excluding carboxylic acids is 2. The number of halogens is 9. The van der Waals surface area contributed by atoms with E-state index >= 15 is 0 Å². The van der Waals surface area contributed by atoms with Gasteiger partial charge in [0.1, 0.15) is 17.2 Å². The monoisotopic (exact) mass is 734 g/mol. The molecule has 0 atom stereocenters. The summed E-state index contributed by atoms with van der Waals surface area (Å²) < 4.78 is 181. The molecule has 0 saturated carbocycles. The summed E-state index contributed by atoms with van der Waals surface area (Å²) in [6, 6.07) is 7.73. The Labute approximate surface area is 248 Å². The number of hydrogen-bond donors (Lipinski definition) is 1. The molecule has 0 amide bonds. The van der Waals surface area contributed by atoms with Crippen molar-refractivity contribution in [2.75, 3.05) is 14.2 Å². The van der Waals surface area contributed by atoms with E-state index in [1.807, 2.05) is 3.63 Å². The first kappa shape index (κ1) is 43.3. The van der Waals surface area contributed by atoms with Crippen LogP contribution in [0.3, 0.4) is 0 Å². The second-order valence-corrected chi connectivity index (χ2v) is 11.7.